The Morgan fingerprint density at radius 1 is 1.30 bits per heavy atom. The third kappa shape index (κ3) is 2.16. The van der Waals surface area contributed by atoms with Crippen LogP contribution < -0.4 is 4.90 Å². The number of hydrogen-bond donors (Lipinski definition) is 2. The van der Waals surface area contributed by atoms with E-state index in [1.54, 1.807) is 0 Å². The van der Waals surface area contributed by atoms with Crippen LogP contribution in [0.5, 0.6) is 0 Å². The SMILES string of the molecule is Cc1cc(C)c(C(=O)O)c(N2C[C@H]3CC(O)C[C@H]3C2)n1. The first-order chi connectivity index (χ1) is 9.45. The van der Waals surface area contributed by atoms with E-state index in [1.165, 1.54) is 0 Å². The molecular weight excluding hydrogens is 256 g/mol. The molecule has 1 saturated heterocycles. The fourth-order valence-corrected chi connectivity index (χ4v) is 3.75. The fourth-order valence-electron chi connectivity index (χ4n) is 3.75. The summed E-state index contributed by atoms with van der Waals surface area (Å²) in [6, 6.07) is 1.81. The summed E-state index contributed by atoms with van der Waals surface area (Å²) in [4.78, 5) is 18.1. The van der Waals surface area contributed by atoms with Gasteiger partial charge in [0.25, 0.3) is 0 Å². The van der Waals surface area contributed by atoms with E-state index in [0.29, 0.717) is 23.2 Å². The van der Waals surface area contributed by atoms with Crippen molar-refractivity contribution in [1.29, 1.82) is 0 Å². The van der Waals surface area contributed by atoms with Crippen LogP contribution in [-0.4, -0.2) is 40.4 Å². The minimum Gasteiger partial charge on any atom is -0.478 e. The Hall–Kier alpha value is -1.62. The maximum absolute atomic E-state index is 11.5. The van der Waals surface area contributed by atoms with Gasteiger partial charge in [-0.1, -0.05) is 0 Å². The minimum absolute atomic E-state index is 0.182. The molecule has 2 heterocycles. The van der Waals surface area contributed by atoms with Crippen LogP contribution in [0, 0.1) is 25.7 Å². The highest BCUT2D eigenvalue weighted by Gasteiger charge is 2.41. The summed E-state index contributed by atoms with van der Waals surface area (Å²) in [5.74, 6) is 0.615. The fraction of sp³-hybridized carbons (Fsp3) is 0.600. The van der Waals surface area contributed by atoms with Gasteiger partial charge in [-0.2, -0.15) is 0 Å². The second kappa shape index (κ2) is 4.74. The molecular formula is C15H20N2O3. The molecule has 0 spiro atoms. The van der Waals surface area contributed by atoms with Gasteiger partial charge in [-0.25, -0.2) is 9.78 Å². The van der Waals surface area contributed by atoms with E-state index in [9.17, 15) is 15.0 Å². The number of hydrogen-bond acceptors (Lipinski definition) is 4. The smallest absolute Gasteiger partial charge is 0.339 e. The lowest BCUT2D eigenvalue weighted by Crippen LogP contribution is -2.26. The molecule has 0 bridgehead atoms. The van der Waals surface area contributed by atoms with E-state index in [4.69, 9.17) is 0 Å². The first kappa shape index (κ1) is 13.4. The molecule has 108 valence electrons. The van der Waals surface area contributed by atoms with Crippen molar-refractivity contribution in [2.24, 2.45) is 11.8 Å². The number of nitrogens with zero attached hydrogens (tertiary/aromatic N) is 2. The van der Waals surface area contributed by atoms with Gasteiger partial charge in [0.2, 0.25) is 0 Å². The van der Waals surface area contributed by atoms with Crippen LogP contribution in [-0.2, 0) is 0 Å². The standard InChI is InChI=1S/C15H20N2O3/c1-8-3-9(2)16-14(13(8)15(19)20)17-6-10-4-12(18)5-11(10)7-17/h3,10-12,18H,4-7H2,1-2H3,(H,19,20)/t10-,11+,12?. The van der Waals surface area contributed by atoms with Crippen LogP contribution in [0.3, 0.4) is 0 Å². The maximum atomic E-state index is 11.5. The Morgan fingerprint density at radius 3 is 2.45 bits per heavy atom. The van der Waals surface area contributed by atoms with Crippen LogP contribution in [0.25, 0.3) is 0 Å². The molecule has 0 aromatic carbocycles. The summed E-state index contributed by atoms with van der Waals surface area (Å²) in [5, 5.41) is 19.1. The van der Waals surface area contributed by atoms with Crippen molar-refractivity contribution in [1.82, 2.24) is 4.98 Å². The Kier molecular flexibility index (Phi) is 3.17. The lowest BCUT2D eigenvalue weighted by atomic mass is 10.0. The van der Waals surface area contributed by atoms with Gasteiger partial charge < -0.3 is 15.1 Å². The predicted molar refractivity (Wildman–Crippen MR) is 75.1 cm³/mol. The number of aryl methyl sites for hydroxylation is 2. The largest absolute Gasteiger partial charge is 0.478 e. The minimum atomic E-state index is -0.915. The second-order valence-corrected chi connectivity index (χ2v) is 6.13. The van der Waals surface area contributed by atoms with E-state index in [1.807, 2.05) is 19.9 Å². The highest BCUT2D eigenvalue weighted by Crippen LogP contribution is 2.40. The zero-order valence-electron chi connectivity index (χ0n) is 11.8. The van der Waals surface area contributed by atoms with E-state index in [0.717, 1.165) is 37.2 Å². The highest BCUT2D eigenvalue weighted by molar-refractivity contribution is 5.95. The molecule has 1 unspecified atom stereocenters. The monoisotopic (exact) mass is 276 g/mol. The van der Waals surface area contributed by atoms with Crippen molar-refractivity contribution in [3.8, 4) is 0 Å². The van der Waals surface area contributed by atoms with Gasteiger partial charge in [-0.15, -0.1) is 0 Å². The zero-order valence-corrected chi connectivity index (χ0v) is 11.8. The molecule has 3 atom stereocenters. The molecule has 1 saturated carbocycles. The topological polar surface area (TPSA) is 73.7 Å². The number of carboxylic acids is 1. The summed E-state index contributed by atoms with van der Waals surface area (Å²) in [7, 11) is 0. The first-order valence-electron chi connectivity index (χ1n) is 7.10. The normalized spacial score (nSPS) is 28.8. The third-order valence-electron chi connectivity index (χ3n) is 4.57. The number of carboxylic acid groups (broad SMARTS) is 1. The number of aliphatic hydroxyl groups is 1. The number of carbonyl (C=O) groups is 1. The molecule has 3 rings (SSSR count). The van der Waals surface area contributed by atoms with Crippen LogP contribution in [0.2, 0.25) is 0 Å². The number of pyridine rings is 1. The van der Waals surface area contributed by atoms with Crippen LogP contribution in [0.15, 0.2) is 6.07 Å². The van der Waals surface area contributed by atoms with Gasteiger partial charge in [-0.05, 0) is 50.2 Å². The molecule has 1 aromatic heterocycles. The highest BCUT2D eigenvalue weighted by atomic mass is 16.4. The molecule has 2 fully saturated rings. The molecule has 2 N–H and O–H groups in total. The maximum Gasteiger partial charge on any atom is 0.339 e. The lowest BCUT2D eigenvalue weighted by molar-refractivity contribution is 0.0696. The number of fused-ring (bicyclic) bond motifs is 1. The van der Waals surface area contributed by atoms with Crippen LogP contribution in [0.1, 0.15) is 34.5 Å². The van der Waals surface area contributed by atoms with Crippen molar-refractivity contribution >= 4 is 11.8 Å². The van der Waals surface area contributed by atoms with E-state index < -0.39 is 5.97 Å². The number of rotatable bonds is 2. The molecule has 5 nitrogen and oxygen atoms in total. The molecule has 2 aliphatic rings. The first-order valence-corrected chi connectivity index (χ1v) is 7.10. The van der Waals surface area contributed by atoms with E-state index in [2.05, 4.69) is 9.88 Å². The number of aliphatic hydroxyl groups excluding tert-OH is 1. The Balaban J connectivity index is 1.94. The van der Waals surface area contributed by atoms with Gasteiger partial charge in [0.15, 0.2) is 0 Å². The second-order valence-electron chi connectivity index (χ2n) is 6.13. The predicted octanol–water partition coefficient (Wildman–Crippen LogP) is 1.60. The average Bonchev–Trinajstić information content (AvgIpc) is 2.83. The molecule has 0 amide bonds. The summed E-state index contributed by atoms with van der Waals surface area (Å²) < 4.78 is 0. The van der Waals surface area contributed by atoms with Crippen molar-refractivity contribution in [3.05, 3.63) is 22.9 Å². The van der Waals surface area contributed by atoms with Gasteiger partial charge in [0.05, 0.1) is 6.10 Å². The Morgan fingerprint density at radius 2 is 1.90 bits per heavy atom. The third-order valence-corrected chi connectivity index (χ3v) is 4.57. The zero-order chi connectivity index (χ0) is 14.4. The summed E-state index contributed by atoms with van der Waals surface area (Å²) in [6.07, 6.45) is 1.47. The average molecular weight is 276 g/mol. The van der Waals surface area contributed by atoms with Gasteiger partial charge >= 0.3 is 5.97 Å². The lowest BCUT2D eigenvalue weighted by Gasteiger charge is -2.22. The molecule has 5 heteroatoms. The number of anilines is 1. The van der Waals surface area contributed by atoms with Crippen molar-refractivity contribution in [2.75, 3.05) is 18.0 Å². The van der Waals surface area contributed by atoms with Gasteiger partial charge in [0, 0.05) is 18.8 Å². The molecule has 1 aromatic rings. The van der Waals surface area contributed by atoms with Crippen molar-refractivity contribution in [3.63, 3.8) is 0 Å². The Bertz CT molecular complexity index is 544. The number of aromatic nitrogens is 1. The summed E-state index contributed by atoms with van der Waals surface area (Å²) >= 11 is 0. The molecule has 0 radical (unpaired) electrons. The van der Waals surface area contributed by atoms with Gasteiger partial charge in [0.1, 0.15) is 11.4 Å². The molecule has 1 aliphatic heterocycles. The molecule has 1 aliphatic carbocycles. The summed E-state index contributed by atoms with van der Waals surface area (Å²) in [6.45, 7) is 5.32. The van der Waals surface area contributed by atoms with Crippen LogP contribution >= 0.6 is 0 Å². The van der Waals surface area contributed by atoms with Crippen molar-refractivity contribution in [2.45, 2.75) is 32.8 Å². The number of aromatic carboxylic acids is 1. The van der Waals surface area contributed by atoms with E-state index in [-0.39, 0.29) is 6.10 Å². The van der Waals surface area contributed by atoms with Crippen LogP contribution in [0.4, 0.5) is 5.82 Å². The quantitative estimate of drug-likeness (QED) is 0.858. The van der Waals surface area contributed by atoms with Gasteiger partial charge in [-0.3, -0.25) is 0 Å². The van der Waals surface area contributed by atoms with Crippen molar-refractivity contribution < 1.29 is 15.0 Å². The Labute approximate surface area is 118 Å². The molecule has 20 heavy (non-hydrogen) atoms. The van der Waals surface area contributed by atoms with E-state index >= 15 is 0 Å². The summed E-state index contributed by atoms with van der Waals surface area (Å²) in [5.41, 5.74) is 1.92.